The highest BCUT2D eigenvalue weighted by Crippen LogP contribution is 2.41. The van der Waals surface area contributed by atoms with E-state index in [9.17, 15) is 0 Å². The minimum atomic E-state index is 0.905. The van der Waals surface area contributed by atoms with Crippen LogP contribution in [0, 0.1) is 0 Å². The van der Waals surface area contributed by atoms with Gasteiger partial charge in [-0.25, -0.2) is 0 Å². The molecule has 0 bridgehead atoms. The smallest absolute Gasteiger partial charge is 0.143 e. The molecule has 0 unspecified atom stereocenters. The van der Waals surface area contributed by atoms with Gasteiger partial charge in [-0.3, -0.25) is 0 Å². The maximum atomic E-state index is 6.43. The SMILES string of the molecule is c1ccc2c(-c3ccc(-c4ccc(-c5ccc(N(c6ccc(-c7cccc8ccccc78)cc6)c6ccc(-c7cccc8c7oc7ccccc78)cc6)cc5)cc4)cc3)cccc2c1. The standard InChI is InChI=1S/C62H41NO/c1-3-14-54-46(10-1)12-7-17-56(54)48-28-26-44(27-29-48)42-22-24-43(25-23-42)45-30-36-51(37-31-45)63(52-38-32-49(33-39-52)57-18-8-13-47-11-2-4-15-55(47)57)53-40-34-50(35-41-53)58-19-9-20-60-59-16-5-6-21-61(59)64-62(58)60/h1-41H. The van der Waals surface area contributed by atoms with Crippen molar-refractivity contribution < 1.29 is 4.42 Å². The second-order valence-electron chi connectivity index (χ2n) is 16.5. The van der Waals surface area contributed by atoms with Gasteiger partial charge in [-0.05, 0) is 114 Å². The summed E-state index contributed by atoms with van der Waals surface area (Å²) >= 11 is 0. The molecule has 0 atom stereocenters. The molecular weight excluding hydrogens is 775 g/mol. The fourth-order valence-electron chi connectivity index (χ4n) is 9.46. The fraction of sp³-hybridized carbons (Fsp3) is 0. The zero-order valence-corrected chi connectivity index (χ0v) is 35.0. The van der Waals surface area contributed by atoms with Crippen LogP contribution >= 0.6 is 0 Å². The van der Waals surface area contributed by atoms with Crippen LogP contribution in [-0.2, 0) is 0 Å². The van der Waals surface area contributed by atoms with Gasteiger partial charge in [-0.15, -0.1) is 0 Å². The average Bonchev–Trinajstić information content (AvgIpc) is 3.76. The summed E-state index contributed by atoms with van der Waals surface area (Å²) in [7, 11) is 0. The number of nitrogens with zero attached hydrogens (tertiary/aromatic N) is 1. The van der Waals surface area contributed by atoms with E-state index in [1.807, 2.05) is 12.1 Å². The summed E-state index contributed by atoms with van der Waals surface area (Å²) in [6.45, 7) is 0. The third-order valence-corrected chi connectivity index (χ3v) is 12.7. The van der Waals surface area contributed by atoms with Gasteiger partial charge in [0.05, 0.1) is 0 Å². The molecular formula is C62H41NO. The van der Waals surface area contributed by atoms with Crippen molar-refractivity contribution >= 4 is 60.5 Å². The summed E-state index contributed by atoms with van der Waals surface area (Å²) in [5.41, 5.74) is 16.9. The number of anilines is 3. The molecule has 1 aromatic heterocycles. The molecule has 0 fully saturated rings. The Labute approximate surface area is 372 Å². The van der Waals surface area contributed by atoms with Crippen LogP contribution in [0.3, 0.4) is 0 Å². The lowest BCUT2D eigenvalue weighted by Crippen LogP contribution is -2.09. The Hall–Kier alpha value is -8.46. The van der Waals surface area contributed by atoms with Gasteiger partial charge in [-0.1, -0.05) is 206 Å². The second kappa shape index (κ2) is 15.8. The number of rotatable bonds is 8. The number of hydrogen-bond acceptors (Lipinski definition) is 2. The van der Waals surface area contributed by atoms with E-state index in [-0.39, 0.29) is 0 Å². The van der Waals surface area contributed by atoms with Crippen molar-refractivity contribution in [2.24, 2.45) is 0 Å². The topological polar surface area (TPSA) is 16.4 Å². The van der Waals surface area contributed by atoms with E-state index in [1.165, 1.54) is 66.1 Å². The van der Waals surface area contributed by atoms with Crippen LogP contribution in [0.4, 0.5) is 17.1 Å². The van der Waals surface area contributed by atoms with Crippen molar-refractivity contribution in [3.8, 4) is 55.6 Å². The van der Waals surface area contributed by atoms with Crippen molar-refractivity contribution in [3.05, 3.63) is 249 Å². The Bertz CT molecular complexity index is 3610. The monoisotopic (exact) mass is 815 g/mol. The van der Waals surface area contributed by atoms with Gasteiger partial charge in [0, 0.05) is 33.4 Å². The van der Waals surface area contributed by atoms with Crippen LogP contribution in [0.1, 0.15) is 0 Å². The van der Waals surface area contributed by atoms with E-state index in [2.05, 4.69) is 241 Å². The molecule has 1 heterocycles. The van der Waals surface area contributed by atoms with E-state index in [0.29, 0.717) is 0 Å². The van der Waals surface area contributed by atoms with E-state index < -0.39 is 0 Å². The van der Waals surface area contributed by atoms with E-state index in [1.54, 1.807) is 0 Å². The van der Waals surface area contributed by atoms with Gasteiger partial charge in [0.15, 0.2) is 0 Å². The highest BCUT2D eigenvalue weighted by molar-refractivity contribution is 6.09. The summed E-state index contributed by atoms with van der Waals surface area (Å²) in [6.07, 6.45) is 0. The zero-order valence-electron chi connectivity index (χ0n) is 35.0. The van der Waals surface area contributed by atoms with Crippen LogP contribution in [0.25, 0.3) is 99.1 Å². The van der Waals surface area contributed by atoms with Gasteiger partial charge < -0.3 is 9.32 Å². The number of furan rings is 1. The molecule has 0 radical (unpaired) electrons. The zero-order chi connectivity index (χ0) is 42.4. The molecule has 0 aliphatic heterocycles. The van der Waals surface area contributed by atoms with Gasteiger partial charge in [0.25, 0.3) is 0 Å². The molecule has 0 spiro atoms. The van der Waals surface area contributed by atoms with Crippen molar-refractivity contribution in [3.63, 3.8) is 0 Å². The molecule has 0 aliphatic rings. The Morgan fingerprint density at radius 1 is 0.234 bits per heavy atom. The molecule has 0 saturated carbocycles. The molecule has 2 heteroatoms. The molecule has 300 valence electrons. The maximum Gasteiger partial charge on any atom is 0.143 e. The van der Waals surface area contributed by atoms with Crippen molar-refractivity contribution in [1.29, 1.82) is 0 Å². The third-order valence-electron chi connectivity index (χ3n) is 12.7. The van der Waals surface area contributed by atoms with Crippen molar-refractivity contribution in [2.45, 2.75) is 0 Å². The lowest BCUT2D eigenvalue weighted by atomic mass is 9.95. The van der Waals surface area contributed by atoms with Gasteiger partial charge in [-0.2, -0.15) is 0 Å². The quantitative estimate of drug-likeness (QED) is 0.152. The first kappa shape index (κ1) is 37.3. The molecule has 0 amide bonds. The number of para-hydroxylation sites is 2. The van der Waals surface area contributed by atoms with Gasteiger partial charge >= 0.3 is 0 Å². The fourth-order valence-corrected chi connectivity index (χ4v) is 9.46. The minimum Gasteiger partial charge on any atom is -0.455 e. The van der Waals surface area contributed by atoms with Gasteiger partial charge in [0.2, 0.25) is 0 Å². The Balaban J connectivity index is 0.860. The highest BCUT2D eigenvalue weighted by atomic mass is 16.3. The summed E-state index contributed by atoms with van der Waals surface area (Å²) in [5.74, 6) is 0. The largest absolute Gasteiger partial charge is 0.455 e. The molecule has 0 saturated heterocycles. The van der Waals surface area contributed by atoms with E-state index >= 15 is 0 Å². The van der Waals surface area contributed by atoms with Gasteiger partial charge in [0.1, 0.15) is 11.2 Å². The number of fused-ring (bicyclic) bond motifs is 5. The second-order valence-corrected chi connectivity index (χ2v) is 16.5. The first-order valence-electron chi connectivity index (χ1n) is 21.9. The first-order chi connectivity index (χ1) is 31.7. The summed E-state index contributed by atoms with van der Waals surface area (Å²) in [5, 5.41) is 7.29. The van der Waals surface area contributed by atoms with Crippen LogP contribution < -0.4 is 4.90 Å². The van der Waals surface area contributed by atoms with Crippen LogP contribution in [0.2, 0.25) is 0 Å². The molecule has 12 rings (SSSR count). The van der Waals surface area contributed by atoms with Crippen LogP contribution in [-0.4, -0.2) is 0 Å². The molecule has 0 aliphatic carbocycles. The van der Waals surface area contributed by atoms with Crippen LogP contribution in [0.15, 0.2) is 253 Å². The third kappa shape index (κ3) is 6.70. The minimum absolute atomic E-state index is 0.905. The first-order valence-corrected chi connectivity index (χ1v) is 21.9. The summed E-state index contributed by atoms with van der Waals surface area (Å²) < 4.78 is 6.43. The maximum absolute atomic E-state index is 6.43. The molecule has 11 aromatic carbocycles. The number of benzene rings is 11. The number of hydrogen-bond donors (Lipinski definition) is 0. The molecule has 64 heavy (non-hydrogen) atoms. The summed E-state index contributed by atoms with van der Waals surface area (Å²) in [4.78, 5) is 2.34. The Morgan fingerprint density at radius 2 is 0.562 bits per heavy atom. The molecule has 2 nitrogen and oxygen atoms in total. The molecule has 12 aromatic rings. The summed E-state index contributed by atoms with van der Waals surface area (Å²) in [6, 6.07) is 89.5. The van der Waals surface area contributed by atoms with Crippen LogP contribution in [0.5, 0.6) is 0 Å². The lowest BCUT2D eigenvalue weighted by molar-refractivity contribution is 0.670. The predicted octanol–water partition coefficient (Wildman–Crippen LogP) is 17.7. The van der Waals surface area contributed by atoms with Crippen molar-refractivity contribution in [1.82, 2.24) is 0 Å². The Morgan fingerprint density at radius 3 is 1.06 bits per heavy atom. The highest BCUT2D eigenvalue weighted by Gasteiger charge is 2.17. The Kier molecular flexibility index (Phi) is 9.20. The normalized spacial score (nSPS) is 11.4. The predicted molar refractivity (Wildman–Crippen MR) is 271 cm³/mol. The molecule has 0 N–H and O–H groups in total. The van der Waals surface area contributed by atoms with Crippen molar-refractivity contribution in [2.75, 3.05) is 4.90 Å². The average molecular weight is 816 g/mol. The van der Waals surface area contributed by atoms with E-state index in [0.717, 1.165) is 50.1 Å². The van der Waals surface area contributed by atoms with E-state index in [4.69, 9.17) is 4.42 Å². The lowest BCUT2D eigenvalue weighted by Gasteiger charge is -2.26.